The monoisotopic (exact) mass is 390 g/mol. The Morgan fingerprint density at radius 1 is 1.07 bits per heavy atom. The first-order valence-corrected chi connectivity index (χ1v) is 9.11. The van der Waals surface area contributed by atoms with Crippen LogP contribution in [0.15, 0.2) is 79.3 Å². The van der Waals surface area contributed by atoms with Gasteiger partial charge in [-0.3, -0.25) is 9.38 Å². The van der Waals surface area contributed by atoms with E-state index < -0.39 is 0 Å². The molecule has 0 amide bonds. The zero-order chi connectivity index (χ0) is 19.5. The molecule has 0 fully saturated rings. The lowest BCUT2D eigenvalue weighted by Crippen LogP contribution is -2.26. The molecule has 140 valence electrons. The normalized spacial score (nSPS) is 11.7. The van der Waals surface area contributed by atoms with Crippen LogP contribution in [0.4, 0.5) is 0 Å². The number of halogens is 1. The third kappa shape index (κ3) is 3.69. The maximum absolute atomic E-state index is 6.46. The number of imidazole rings is 1. The molecule has 0 aliphatic rings. The van der Waals surface area contributed by atoms with E-state index in [9.17, 15) is 0 Å². The second kappa shape index (κ2) is 7.72. The molecule has 3 heterocycles. The first-order valence-electron chi connectivity index (χ1n) is 8.74. The van der Waals surface area contributed by atoms with Gasteiger partial charge in [-0.1, -0.05) is 35.9 Å². The van der Waals surface area contributed by atoms with Crippen molar-refractivity contribution >= 4 is 22.9 Å². The van der Waals surface area contributed by atoms with Gasteiger partial charge in [-0.2, -0.15) is 0 Å². The zero-order valence-electron chi connectivity index (χ0n) is 15.0. The van der Waals surface area contributed by atoms with E-state index in [4.69, 9.17) is 28.2 Å². The number of hydrogen-bond donors (Lipinski definition) is 2. The van der Waals surface area contributed by atoms with Crippen LogP contribution in [0, 0.1) is 0 Å². The molecular formula is C21H19ClN6. The van der Waals surface area contributed by atoms with Crippen LogP contribution >= 0.6 is 11.6 Å². The molecule has 28 heavy (non-hydrogen) atoms. The Bertz CT molecular complexity index is 1120. The highest BCUT2D eigenvalue weighted by Crippen LogP contribution is 2.29. The van der Waals surface area contributed by atoms with Gasteiger partial charge in [0.1, 0.15) is 5.65 Å². The standard InChI is InChI=1S/C21H19ClN6/c22-16-9-7-15(8-10-16)20-21(28-12-4-2-6-19(28)26-20)18(23)14-27(24)13-17-5-1-3-11-25-17/h1-12,14H,13,23-24H2/b18-14-. The van der Waals surface area contributed by atoms with Gasteiger partial charge in [-0.25, -0.2) is 10.8 Å². The Balaban J connectivity index is 1.75. The number of hydrazine groups is 1. The van der Waals surface area contributed by atoms with Crippen molar-refractivity contribution < 1.29 is 0 Å². The third-order valence-corrected chi connectivity index (χ3v) is 4.55. The minimum atomic E-state index is 0.439. The van der Waals surface area contributed by atoms with E-state index in [1.54, 1.807) is 12.4 Å². The summed E-state index contributed by atoms with van der Waals surface area (Å²) >= 11 is 6.04. The summed E-state index contributed by atoms with van der Waals surface area (Å²) < 4.78 is 1.95. The van der Waals surface area contributed by atoms with Gasteiger partial charge in [-0.05, 0) is 36.4 Å². The van der Waals surface area contributed by atoms with Gasteiger partial charge < -0.3 is 10.7 Å². The van der Waals surface area contributed by atoms with E-state index >= 15 is 0 Å². The summed E-state index contributed by atoms with van der Waals surface area (Å²) in [5.74, 6) is 6.16. The summed E-state index contributed by atoms with van der Waals surface area (Å²) in [6.07, 6.45) is 5.36. The van der Waals surface area contributed by atoms with Gasteiger partial charge in [0.05, 0.1) is 29.3 Å². The molecule has 0 saturated carbocycles. The van der Waals surface area contributed by atoms with Crippen LogP contribution in [-0.2, 0) is 6.54 Å². The number of benzene rings is 1. The van der Waals surface area contributed by atoms with Gasteiger partial charge in [0.15, 0.2) is 0 Å². The summed E-state index contributed by atoms with van der Waals surface area (Å²) in [5.41, 5.74) is 11.1. The minimum Gasteiger partial charge on any atom is -0.396 e. The molecule has 1 aromatic carbocycles. The summed E-state index contributed by atoms with van der Waals surface area (Å²) in [4.78, 5) is 9.04. The van der Waals surface area contributed by atoms with Crippen LogP contribution in [0.1, 0.15) is 11.4 Å². The molecular weight excluding hydrogens is 372 g/mol. The maximum atomic E-state index is 6.46. The average molecular weight is 391 g/mol. The number of nitrogens with two attached hydrogens (primary N) is 2. The van der Waals surface area contributed by atoms with E-state index in [1.807, 2.05) is 71.3 Å². The van der Waals surface area contributed by atoms with Crippen molar-refractivity contribution in [1.82, 2.24) is 19.4 Å². The first-order chi connectivity index (χ1) is 13.6. The molecule has 4 N–H and O–H groups in total. The van der Waals surface area contributed by atoms with E-state index in [-0.39, 0.29) is 0 Å². The highest BCUT2D eigenvalue weighted by molar-refractivity contribution is 6.30. The van der Waals surface area contributed by atoms with Crippen molar-refractivity contribution in [3.63, 3.8) is 0 Å². The topological polar surface area (TPSA) is 85.5 Å². The molecule has 0 saturated heterocycles. The molecule has 0 bridgehead atoms. The molecule has 3 aromatic heterocycles. The van der Waals surface area contributed by atoms with Crippen molar-refractivity contribution in [2.75, 3.05) is 0 Å². The Kier molecular flexibility index (Phi) is 4.97. The molecule has 0 aliphatic heterocycles. The second-order valence-corrected chi connectivity index (χ2v) is 6.76. The number of pyridine rings is 2. The van der Waals surface area contributed by atoms with Crippen molar-refractivity contribution in [3.05, 3.63) is 95.7 Å². The van der Waals surface area contributed by atoms with Crippen LogP contribution < -0.4 is 11.6 Å². The zero-order valence-corrected chi connectivity index (χ0v) is 15.8. The predicted octanol–water partition coefficient (Wildman–Crippen LogP) is 3.68. The van der Waals surface area contributed by atoms with E-state index in [0.717, 1.165) is 28.3 Å². The van der Waals surface area contributed by atoms with Crippen LogP contribution in [0.3, 0.4) is 0 Å². The molecule has 6 nitrogen and oxygen atoms in total. The highest BCUT2D eigenvalue weighted by Gasteiger charge is 2.16. The maximum Gasteiger partial charge on any atom is 0.137 e. The quantitative estimate of drug-likeness (QED) is 0.401. The number of nitrogens with zero attached hydrogens (tertiary/aromatic N) is 4. The van der Waals surface area contributed by atoms with Gasteiger partial charge in [0.25, 0.3) is 0 Å². The van der Waals surface area contributed by atoms with E-state index in [1.165, 1.54) is 5.01 Å². The average Bonchev–Trinajstić information content (AvgIpc) is 3.09. The van der Waals surface area contributed by atoms with Crippen LogP contribution in [0.25, 0.3) is 22.6 Å². The first kappa shape index (κ1) is 18.0. The van der Waals surface area contributed by atoms with Crippen molar-refractivity contribution in [1.29, 1.82) is 0 Å². The fourth-order valence-electron chi connectivity index (χ4n) is 3.04. The number of fused-ring (bicyclic) bond motifs is 1. The van der Waals surface area contributed by atoms with Gasteiger partial charge in [0.2, 0.25) is 0 Å². The highest BCUT2D eigenvalue weighted by atomic mass is 35.5. The van der Waals surface area contributed by atoms with Crippen molar-refractivity contribution in [3.8, 4) is 11.3 Å². The van der Waals surface area contributed by atoms with E-state index in [0.29, 0.717) is 17.3 Å². The summed E-state index contributed by atoms with van der Waals surface area (Å²) in [5, 5.41) is 2.19. The van der Waals surface area contributed by atoms with Crippen LogP contribution in [0.5, 0.6) is 0 Å². The SMILES string of the molecule is N/C(=C\N(N)Cc1ccccn1)c1c(-c2ccc(Cl)cc2)nc2ccccn12. The Morgan fingerprint density at radius 2 is 1.86 bits per heavy atom. The molecule has 0 unspecified atom stereocenters. The Labute approximate surface area is 167 Å². The smallest absolute Gasteiger partial charge is 0.137 e. The van der Waals surface area contributed by atoms with E-state index in [2.05, 4.69) is 4.98 Å². The van der Waals surface area contributed by atoms with Gasteiger partial charge in [0, 0.05) is 29.2 Å². The summed E-state index contributed by atoms with van der Waals surface area (Å²) in [7, 11) is 0. The van der Waals surface area contributed by atoms with Crippen molar-refractivity contribution in [2.45, 2.75) is 6.54 Å². The molecule has 4 rings (SSSR count). The van der Waals surface area contributed by atoms with Gasteiger partial charge >= 0.3 is 0 Å². The summed E-state index contributed by atoms with van der Waals surface area (Å²) in [6.45, 7) is 0.439. The minimum absolute atomic E-state index is 0.439. The molecule has 7 heteroatoms. The van der Waals surface area contributed by atoms with Crippen LogP contribution in [-0.4, -0.2) is 19.4 Å². The largest absolute Gasteiger partial charge is 0.396 e. The number of aromatic nitrogens is 3. The molecule has 0 spiro atoms. The fourth-order valence-corrected chi connectivity index (χ4v) is 3.17. The molecule has 0 atom stereocenters. The van der Waals surface area contributed by atoms with Crippen LogP contribution in [0.2, 0.25) is 5.02 Å². The lowest BCUT2D eigenvalue weighted by atomic mass is 10.1. The fraction of sp³-hybridized carbons (Fsp3) is 0.0476. The molecule has 0 radical (unpaired) electrons. The Hall–Kier alpha value is -3.35. The number of rotatable bonds is 5. The third-order valence-electron chi connectivity index (χ3n) is 4.30. The second-order valence-electron chi connectivity index (χ2n) is 6.32. The summed E-state index contributed by atoms with van der Waals surface area (Å²) in [6, 6.07) is 19.0. The lowest BCUT2D eigenvalue weighted by molar-refractivity contribution is 0.382. The predicted molar refractivity (Wildman–Crippen MR) is 112 cm³/mol. The van der Waals surface area contributed by atoms with Gasteiger partial charge in [-0.15, -0.1) is 0 Å². The Morgan fingerprint density at radius 3 is 2.61 bits per heavy atom. The number of hydrogen-bond acceptors (Lipinski definition) is 5. The molecule has 4 aromatic rings. The molecule has 0 aliphatic carbocycles. The van der Waals surface area contributed by atoms with Crippen molar-refractivity contribution in [2.24, 2.45) is 11.6 Å². The lowest BCUT2D eigenvalue weighted by Gasteiger charge is -2.15.